The van der Waals surface area contributed by atoms with Crippen molar-refractivity contribution in [1.29, 1.82) is 0 Å². The zero-order chi connectivity index (χ0) is 42.1. The highest BCUT2D eigenvalue weighted by atomic mass is 16.5. The number of aliphatic carboxylic acids is 2. The number of carboxylic acid groups (broad SMARTS) is 2. The van der Waals surface area contributed by atoms with Crippen LogP contribution in [-0.4, -0.2) is 124 Å². The van der Waals surface area contributed by atoms with E-state index in [-0.39, 0.29) is 61.8 Å². The highest BCUT2D eigenvalue weighted by molar-refractivity contribution is 5.84. The summed E-state index contributed by atoms with van der Waals surface area (Å²) in [5, 5.41) is 25.7. The van der Waals surface area contributed by atoms with Gasteiger partial charge in [-0.3, -0.25) is 28.8 Å². The van der Waals surface area contributed by atoms with Crippen LogP contribution in [0.3, 0.4) is 0 Å². The number of ketones is 2. The van der Waals surface area contributed by atoms with Crippen LogP contribution in [0.15, 0.2) is 0 Å². The second-order valence-corrected chi connectivity index (χ2v) is 13.5. The summed E-state index contributed by atoms with van der Waals surface area (Å²) in [5.41, 5.74) is 0. The Hall–Kier alpha value is -3.47. The number of Topliss-reactive ketones (excluding diaryl/α,β-unsaturated/α-hetero) is 2. The van der Waals surface area contributed by atoms with E-state index in [1.165, 1.54) is 0 Å². The van der Waals surface area contributed by atoms with Gasteiger partial charge in [0, 0.05) is 58.7 Å². The van der Waals surface area contributed by atoms with E-state index in [0.717, 1.165) is 77.0 Å². The van der Waals surface area contributed by atoms with Gasteiger partial charge in [-0.2, -0.15) is 0 Å². The van der Waals surface area contributed by atoms with Crippen molar-refractivity contribution < 1.29 is 62.7 Å². The topological polar surface area (TPSA) is 233 Å². The van der Waals surface area contributed by atoms with E-state index in [1.807, 2.05) is 6.92 Å². The molecule has 0 radical (unpaired) electrons. The van der Waals surface area contributed by atoms with E-state index in [4.69, 9.17) is 24.1 Å². The Morgan fingerprint density at radius 1 is 0.518 bits per heavy atom. The van der Waals surface area contributed by atoms with Crippen LogP contribution in [0.2, 0.25) is 0 Å². The van der Waals surface area contributed by atoms with Gasteiger partial charge in [0.15, 0.2) is 5.78 Å². The maximum atomic E-state index is 12.0. The van der Waals surface area contributed by atoms with Crippen LogP contribution in [0.5, 0.6) is 0 Å². The molecule has 0 rings (SSSR count). The zero-order valence-corrected chi connectivity index (χ0v) is 34.5. The van der Waals surface area contributed by atoms with Gasteiger partial charge in [0.05, 0.1) is 33.0 Å². The molecule has 3 amide bonds. The van der Waals surface area contributed by atoms with Crippen LogP contribution in [0, 0.1) is 0 Å². The van der Waals surface area contributed by atoms with Crippen molar-refractivity contribution in [3.05, 3.63) is 0 Å². The third kappa shape index (κ3) is 41.7. The van der Waals surface area contributed by atoms with Gasteiger partial charge in [-0.25, -0.2) is 4.79 Å². The van der Waals surface area contributed by atoms with Gasteiger partial charge in [-0.15, -0.1) is 0 Å². The molecular weight excluding hydrogens is 730 g/mol. The molecule has 0 unspecified atom stereocenters. The summed E-state index contributed by atoms with van der Waals surface area (Å²) < 4.78 is 20.4. The number of carbonyl (C=O) groups excluding carboxylic acids is 5. The number of hydrogen-bond acceptors (Lipinski definition) is 11. The summed E-state index contributed by atoms with van der Waals surface area (Å²) in [5.74, 6) is -2.24. The molecule has 0 aromatic carbocycles. The van der Waals surface area contributed by atoms with Gasteiger partial charge in [-0.1, -0.05) is 71.6 Å². The standard InChI is InChI=1S/C23H41NO6.C17H32N2O7/c1-2-3-14-19(25)17-18-20(23(29)30)24-21(26)15-12-10-8-6-4-5-7-9-11-13-16-22(27)28;1-3-16(21)18-6-4-5-15(20)13-25-12-11-24-8-7-19-17(22)14-26-10-9-23-2/h20H,2-18H2,1H3,(H,24,26)(H,27,28)(H,29,30);3-14H2,1-2H3,(H,18,21)(H,19,22)/t20-;/m0./s1. The Kier molecular flexibility index (Phi) is 40.2. The van der Waals surface area contributed by atoms with Crippen molar-refractivity contribution in [3.63, 3.8) is 0 Å². The molecule has 16 nitrogen and oxygen atoms in total. The first-order chi connectivity index (χ1) is 27.0. The first-order valence-electron chi connectivity index (χ1n) is 20.5. The first kappa shape index (κ1) is 54.6. The molecule has 0 aliphatic carbocycles. The van der Waals surface area contributed by atoms with Crippen molar-refractivity contribution in [3.8, 4) is 0 Å². The second-order valence-electron chi connectivity index (χ2n) is 13.5. The number of rotatable bonds is 39. The Morgan fingerprint density at radius 3 is 1.66 bits per heavy atom. The third-order valence-electron chi connectivity index (χ3n) is 8.34. The summed E-state index contributed by atoms with van der Waals surface area (Å²) in [6.45, 7) is 6.56. The molecule has 5 N–H and O–H groups in total. The smallest absolute Gasteiger partial charge is 0.326 e. The molecule has 0 aromatic heterocycles. The Morgan fingerprint density at radius 2 is 1.07 bits per heavy atom. The fourth-order valence-electron chi connectivity index (χ4n) is 5.04. The van der Waals surface area contributed by atoms with Crippen LogP contribution in [0.1, 0.15) is 142 Å². The number of methoxy groups -OCH3 is 1. The van der Waals surface area contributed by atoms with Crippen molar-refractivity contribution in [2.45, 2.75) is 148 Å². The second kappa shape index (κ2) is 41.2. The number of amides is 3. The monoisotopic (exact) mass is 804 g/mol. The lowest BCUT2D eigenvalue weighted by Crippen LogP contribution is -2.41. The fraction of sp³-hybridized carbons (Fsp3) is 0.825. The molecule has 56 heavy (non-hydrogen) atoms. The molecule has 1 atom stereocenters. The van der Waals surface area contributed by atoms with E-state index >= 15 is 0 Å². The number of carboxylic acids is 2. The molecule has 0 bridgehead atoms. The summed E-state index contributed by atoms with van der Waals surface area (Å²) in [4.78, 5) is 79.3. The molecule has 326 valence electrons. The molecule has 0 aromatic rings. The molecule has 0 saturated carbocycles. The maximum absolute atomic E-state index is 12.0. The van der Waals surface area contributed by atoms with E-state index in [9.17, 15) is 38.7 Å². The number of ether oxygens (including phenoxy) is 4. The predicted molar refractivity (Wildman–Crippen MR) is 211 cm³/mol. The molecule has 0 spiro atoms. The molecule has 0 heterocycles. The predicted octanol–water partition coefficient (Wildman–Crippen LogP) is 4.54. The normalized spacial score (nSPS) is 11.2. The van der Waals surface area contributed by atoms with Crippen molar-refractivity contribution in [1.82, 2.24) is 16.0 Å². The SMILES string of the molecule is CCC(=O)NCCCC(=O)COCCOCCNC(=O)COCCOC.CCCCC(=O)CC[C@H](NC(=O)CCCCCCCCCCCCC(=O)O)C(=O)O. The van der Waals surface area contributed by atoms with Gasteiger partial charge in [-0.05, 0) is 32.1 Å². The minimum atomic E-state index is -1.09. The number of nitrogens with one attached hydrogen (secondary N) is 3. The molecule has 16 heteroatoms. The Bertz CT molecular complexity index is 1060. The highest BCUT2D eigenvalue weighted by Gasteiger charge is 2.20. The lowest BCUT2D eigenvalue weighted by molar-refractivity contribution is -0.142. The molecule has 0 fully saturated rings. The third-order valence-corrected chi connectivity index (χ3v) is 8.34. The largest absolute Gasteiger partial charge is 0.481 e. The zero-order valence-electron chi connectivity index (χ0n) is 34.5. The highest BCUT2D eigenvalue weighted by Crippen LogP contribution is 2.12. The van der Waals surface area contributed by atoms with E-state index in [0.29, 0.717) is 78.2 Å². The van der Waals surface area contributed by atoms with E-state index in [1.54, 1.807) is 14.0 Å². The summed E-state index contributed by atoms with van der Waals surface area (Å²) in [7, 11) is 1.57. The van der Waals surface area contributed by atoms with E-state index < -0.39 is 18.0 Å². The van der Waals surface area contributed by atoms with Crippen molar-refractivity contribution in [2.24, 2.45) is 0 Å². The number of carbonyl (C=O) groups is 7. The van der Waals surface area contributed by atoms with Gasteiger partial charge in [0.1, 0.15) is 25.0 Å². The Labute approximate surface area is 334 Å². The van der Waals surface area contributed by atoms with Crippen LogP contribution >= 0.6 is 0 Å². The van der Waals surface area contributed by atoms with Gasteiger partial charge >= 0.3 is 11.9 Å². The summed E-state index contributed by atoms with van der Waals surface area (Å²) in [6.07, 6.45) is 14.7. The number of unbranched alkanes of at least 4 members (excludes halogenated alkanes) is 10. The lowest BCUT2D eigenvalue weighted by atomic mass is 10.0. The van der Waals surface area contributed by atoms with Gasteiger partial charge < -0.3 is 45.1 Å². The number of hydrogen-bond donors (Lipinski definition) is 5. The average molecular weight is 804 g/mol. The van der Waals surface area contributed by atoms with Crippen LogP contribution < -0.4 is 16.0 Å². The molecule has 0 aliphatic rings. The molecule has 0 saturated heterocycles. The van der Waals surface area contributed by atoms with Gasteiger partial charge in [0.25, 0.3) is 0 Å². The van der Waals surface area contributed by atoms with Crippen LogP contribution in [-0.2, 0) is 52.5 Å². The Balaban J connectivity index is 0. The van der Waals surface area contributed by atoms with E-state index in [2.05, 4.69) is 16.0 Å². The lowest BCUT2D eigenvalue weighted by Gasteiger charge is -2.14. The molecular formula is C40H73N3O13. The minimum Gasteiger partial charge on any atom is -0.481 e. The summed E-state index contributed by atoms with van der Waals surface area (Å²) >= 11 is 0. The van der Waals surface area contributed by atoms with Crippen molar-refractivity contribution in [2.75, 3.05) is 66.4 Å². The van der Waals surface area contributed by atoms with Gasteiger partial charge in [0.2, 0.25) is 17.7 Å². The summed E-state index contributed by atoms with van der Waals surface area (Å²) in [6, 6.07) is -0.987. The first-order valence-corrected chi connectivity index (χ1v) is 20.5. The van der Waals surface area contributed by atoms with Crippen LogP contribution in [0.4, 0.5) is 0 Å². The maximum Gasteiger partial charge on any atom is 0.326 e. The minimum absolute atomic E-state index is 0.00326. The van der Waals surface area contributed by atoms with Crippen molar-refractivity contribution >= 4 is 41.2 Å². The fourth-order valence-corrected chi connectivity index (χ4v) is 5.04. The molecule has 0 aliphatic heterocycles. The average Bonchev–Trinajstić information content (AvgIpc) is 3.17. The van der Waals surface area contributed by atoms with Crippen LogP contribution in [0.25, 0.3) is 0 Å². The quantitative estimate of drug-likeness (QED) is 0.0538.